The van der Waals surface area contributed by atoms with Crippen LogP contribution in [0, 0.1) is 0 Å². The predicted octanol–water partition coefficient (Wildman–Crippen LogP) is 2.29. The Bertz CT molecular complexity index is 595. The van der Waals surface area contributed by atoms with Crippen molar-refractivity contribution >= 4 is 22.7 Å². The third-order valence-electron chi connectivity index (χ3n) is 3.88. The van der Waals surface area contributed by atoms with Gasteiger partial charge in [0.15, 0.2) is 0 Å². The van der Waals surface area contributed by atoms with Gasteiger partial charge in [-0.1, -0.05) is 12.1 Å². The van der Waals surface area contributed by atoms with Gasteiger partial charge in [-0.2, -0.15) is 4.98 Å². The fourth-order valence-corrected chi connectivity index (χ4v) is 2.69. The van der Waals surface area contributed by atoms with Gasteiger partial charge < -0.3 is 15.0 Å². The molecule has 0 unspecified atom stereocenters. The number of fused-ring (bicyclic) bond motifs is 1. The standard InChI is InChI=1S/C15H20N4O/c1-16-15-17-13-6-4-3-5-12(13)14(18-15)19(2)11-7-9-20-10-8-11/h3-6,11H,7-10H2,1-2H3,(H,16,17,18). The molecule has 20 heavy (non-hydrogen) atoms. The molecule has 5 nitrogen and oxygen atoms in total. The van der Waals surface area contributed by atoms with E-state index in [9.17, 15) is 0 Å². The summed E-state index contributed by atoms with van der Waals surface area (Å²) in [6.45, 7) is 1.66. The third kappa shape index (κ3) is 2.41. The number of hydrogen-bond donors (Lipinski definition) is 1. The summed E-state index contributed by atoms with van der Waals surface area (Å²) >= 11 is 0. The molecule has 1 aliphatic rings. The lowest BCUT2D eigenvalue weighted by Crippen LogP contribution is -2.37. The molecule has 1 fully saturated rings. The van der Waals surface area contributed by atoms with Crippen LogP contribution < -0.4 is 10.2 Å². The summed E-state index contributed by atoms with van der Waals surface area (Å²) in [5, 5.41) is 4.14. The van der Waals surface area contributed by atoms with Crippen molar-refractivity contribution in [3.8, 4) is 0 Å². The highest BCUT2D eigenvalue weighted by Crippen LogP contribution is 2.27. The smallest absolute Gasteiger partial charge is 0.224 e. The zero-order valence-corrected chi connectivity index (χ0v) is 12.0. The fraction of sp³-hybridized carbons (Fsp3) is 0.467. The van der Waals surface area contributed by atoms with Crippen LogP contribution in [0.5, 0.6) is 0 Å². The summed E-state index contributed by atoms with van der Waals surface area (Å²) < 4.78 is 5.45. The lowest BCUT2D eigenvalue weighted by molar-refractivity contribution is 0.0854. The van der Waals surface area contributed by atoms with Gasteiger partial charge in [0.1, 0.15) is 5.82 Å². The van der Waals surface area contributed by atoms with E-state index in [-0.39, 0.29) is 0 Å². The molecule has 0 amide bonds. The molecule has 0 atom stereocenters. The average molecular weight is 272 g/mol. The maximum absolute atomic E-state index is 5.45. The second-order valence-electron chi connectivity index (χ2n) is 5.09. The molecule has 0 spiro atoms. The van der Waals surface area contributed by atoms with E-state index in [1.54, 1.807) is 0 Å². The molecule has 1 saturated heterocycles. The maximum Gasteiger partial charge on any atom is 0.224 e. The molecule has 0 aliphatic carbocycles. The summed E-state index contributed by atoms with van der Waals surface area (Å²) in [7, 11) is 3.96. The minimum absolute atomic E-state index is 0.478. The van der Waals surface area contributed by atoms with Gasteiger partial charge in [-0.05, 0) is 25.0 Å². The second-order valence-corrected chi connectivity index (χ2v) is 5.09. The first-order valence-electron chi connectivity index (χ1n) is 7.04. The van der Waals surface area contributed by atoms with Gasteiger partial charge in [0.05, 0.1) is 5.52 Å². The normalized spacial score (nSPS) is 16.3. The van der Waals surface area contributed by atoms with Gasteiger partial charge in [0.25, 0.3) is 0 Å². The van der Waals surface area contributed by atoms with Crippen LogP contribution in [0.3, 0.4) is 0 Å². The molecule has 106 valence electrons. The molecular formula is C15H20N4O. The lowest BCUT2D eigenvalue weighted by Gasteiger charge is -2.32. The van der Waals surface area contributed by atoms with Gasteiger partial charge in [0.2, 0.25) is 5.95 Å². The Labute approximate surface area is 119 Å². The average Bonchev–Trinajstić information content (AvgIpc) is 2.54. The Morgan fingerprint density at radius 2 is 1.95 bits per heavy atom. The summed E-state index contributed by atoms with van der Waals surface area (Å²) in [6, 6.07) is 8.63. The number of nitrogens with zero attached hydrogens (tertiary/aromatic N) is 3. The highest BCUT2D eigenvalue weighted by molar-refractivity contribution is 5.90. The molecule has 0 radical (unpaired) electrons. The minimum Gasteiger partial charge on any atom is -0.381 e. The monoisotopic (exact) mass is 272 g/mol. The highest BCUT2D eigenvalue weighted by atomic mass is 16.5. The first-order chi connectivity index (χ1) is 9.79. The number of nitrogens with one attached hydrogen (secondary N) is 1. The Balaban J connectivity index is 2.04. The molecule has 1 aromatic heterocycles. The van der Waals surface area contributed by atoms with E-state index in [4.69, 9.17) is 4.74 Å². The Kier molecular flexibility index (Phi) is 3.69. The zero-order chi connectivity index (χ0) is 13.9. The number of para-hydroxylation sites is 1. The van der Waals surface area contributed by atoms with E-state index in [2.05, 4.69) is 33.3 Å². The summed E-state index contributed by atoms with van der Waals surface area (Å²) in [6.07, 6.45) is 2.09. The van der Waals surface area contributed by atoms with Crippen LogP contribution in [0.25, 0.3) is 10.9 Å². The number of rotatable bonds is 3. The first-order valence-corrected chi connectivity index (χ1v) is 7.04. The van der Waals surface area contributed by atoms with E-state index in [1.165, 1.54) is 0 Å². The summed E-state index contributed by atoms with van der Waals surface area (Å²) in [5.74, 6) is 1.66. The number of hydrogen-bond acceptors (Lipinski definition) is 5. The van der Waals surface area contributed by atoms with Crippen molar-refractivity contribution in [1.29, 1.82) is 0 Å². The number of ether oxygens (including phenoxy) is 1. The van der Waals surface area contributed by atoms with Crippen LogP contribution in [0.2, 0.25) is 0 Å². The van der Waals surface area contributed by atoms with E-state index < -0.39 is 0 Å². The number of aromatic nitrogens is 2. The van der Waals surface area contributed by atoms with Crippen LogP contribution >= 0.6 is 0 Å². The van der Waals surface area contributed by atoms with Crippen molar-refractivity contribution in [2.45, 2.75) is 18.9 Å². The molecule has 0 saturated carbocycles. The Morgan fingerprint density at radius 1 is 1.20 bits per heavy atom. The van der Waals surface area contributed by atoms with Crippen molar-refractivity contribution in [1.82, 2.24) is 9.97 Å². The quantitative estimate of drug-likeness (QED) is 0.929. The number of anilines is 2. The molecule has 3 rings (SSSR count). The maximum atomic E-state index is 5.45. The SMILES string of the molecule is CNc1nc(N(C)C2CCOCC2)c2ccccc2n1. The largest absolute Gasteiger partial charge is 0.381 e. The molecule has 5 heteroatoms. The summed E-state index contributed by atoms with van der Waals surface area (Å²) in [4.78, 5) is 11.4. The Morgan fingerprint density at radius 3 is 2.70 bits per heavy atom. The van der Waals surface area contributed by atoms with Crippen molar-refractivity contribution in [3.05, 3.63) is 24.3 Å². The van der Waals surface area contributed by atoms with Crippen LogP contribution in [-0.2, 0) is 4.74 Å². The molecule has 2 heterocycles. The van der Waals surface area contributed by atoms with E-state index in [0.29, 0.717) is 12.0 Å². The lowest BCUT2D eigenvalue weighted by atomic mass is 10.1. The van der Waals surface area contributed by atoms with Gasteiger partial charge in [-0.15, -0.1) is 0 Å². The van der Waals surface area contributed by atoms with Gasteiger partial charge >= 0.3 is 0 Å². The molecule has 1 N–H and O–H groups in total. The first kappa shape index (κ1) is 13.1. The van der Waals surface area contributed by atoms with Crippen molar-refractivity contribution < 1.29 is 4.74 Å². The van der Waals surface area contributed by atoms with E-state index in [1.807, 2.05) is 25.2 Å². The van der Waals surface area contributed by atoms with Crippen molar-refractivity contribution in [2.24, 2.45) is 0 Å². The van der Waals surface area contributed by atoms with Gasteiger partial charge in [-0.3, -0.25) is 0 Å². The fourth-order valence-electron chi connectivity index (χ4n) is 2.69. The van der Waals surface area contributed by atoms with Crippen LogP contribution in [0.15, 0.2) is 24.3 Å². The van der Waals surface area contributed by atoms with Crippen LogP contribution in [0.1, 0.15) is 12.8 Å². The minimum atomic E-state index is 0.478. The number of benzene rings is 1. The molecular weight excluding hydrogens is 252 g/mol. The third-order valence-corrected chi connectivity index (χ3v) is 3.88. The topological polar surface area (TPSA) is 50.3 Å². The van der Waals surface area contributed by atoms with Gasteiger partial charge in [0, 0.05) is 38.7 Å². The second kappa shape index (κ2) is 5.63. The van der Waals surface area contributed by atoms with Crippen LogP contribution in [-0.4, -0.2) is 43.3 Å². The summed E-state index contributed by atoms with van der Waals surface area (Å²) in [5.41, 5.74) is 0.973. The van der Waals surface area contributed by atoms with Crippen molar-refractivity contribution in [3.63, 3.8) is 0 Å². The zero-order valence-electron chi connectivity index (χ0n) is 12.0. The van der Waals surface area contributed by atoms with E-state index in [0.717, 1.165) is 42.8 Å². The molecule has 0 bridgehead atoms. The van der Waals surface area contributed by atoms with Gasteiger partial charge in [-0.25, -0.2) is 4.98 Å². The van der Waals surface area contributed by atoms with Crippen LogP contribution in [0.4, 0.5) is 11.8 Å². The highest BCUT2D eigenvalue weighted by Gasteiger charge is 2.21. The van der Waals surface area contributed by atoms with Crippen molar-refractivity contribution in [2.75, 3.05) is 37.5 Å². The Hall–Kier alpha value is -1.88. The molecule has 2 aromatic rings. The predicted molar refractivity (Wildman–Crippen MR) is 81.3 cm³/mol. The van der Waals surface area contributed by atoms with E-state index >= 15 is 0 Å². The molecule has 1 aliphatic heterocycles. The molecule has 1 aromatic carbocycles.